The minimum atomic E-state index is 0.241. The summed E-state index contributed by atoms with van der Waals surface area (Å²) in [5, 5.41) is 3.37. The highest BCUT2D eigenvalue weighted by Crippen LogP contribution is 2.32. The van der Waals surface area contributed by atoms with Crippen LogP contribution in [0, 0.1) is 6.92 Å². The number of rotatable bonds is 3. The lowest BCUT2D eigenvalue weighted by molar-refractivity contribution is 0.220. The molecule has 17 heavy (non-hydrogen) atoms. The van der Waals surface area contributed by atoms with E-state index in [-0.39, 0.29) is 6.04 Å². The Bertz CT molecular complexity index is 428. The Morgan fingerprint density at radius 3 is 2.82 bits per heavy atom. The highest BCUT2D eigenvalue weighted by molar-refractivity contribution is 9.10. The van der Waals surface area contributed by atoms with E-state index in [1.54, 1.807) is 0 Å². The first-order valence-corrected chi connectivity index (χ1v) is 6.75. The number of hydrogen-bond donors (Lipinski definition) is 1. The van der Waals surface area contributed by atoms with Gasteiger partial charge in [0.25, 0.3) is 0 Å². The molecule has 1 heterocycles. The Hall–Kier alpha value is -0.800. The summed E-state index contributed by atoms with van der Waals surface area (Å²) in [4.78, 5) is 0. The standard InChI is InChI=1S/C14H18BrNO/c1-10-5-6-12(13(15)8-10)14(16-2)11-4-3-7-17-9-11/h5-6,8-9,14,16H,3-4,7H2,1-2H3. The Balaban J connectivity index is 2.31. The van der Waals surface area contributed by atoms with Gasteiger partial charge in [-0.2, -0.15) is 0 Å². The third-order valence-electron chi connectivity index (χ3n) is 3.09. The lowest BCUT2D eigenvalue weighted by Crippen LogP contribution is -2.21. The summed E-state index contributed by atoms with van der Waals surface area (Å²) >= 11 is 3.65. The molecule has 0 saturated heterocycles. The fourth-order valence-corrected chi connectivity index (χ4v) is 2.93. The molecule has 1 aliphatic rings. The van der Waals surface area contributed by atoms with Crippen molar-refractivity contribution in [2.45, 2.75) is 25.8 Å². The third kappa shape index (κ3) is 2.90. The van der Waals surface area contributed by atoms with Crippen LogP contribution in [-0.4, -0.2) is 13.7 Å². The van der Waals surface area contributed by atoms with Gasteiger partial charge in [0.1, 0.15) is 0 Å². The van der Waals surface area contributed by atoms with Gasteiger partial charge in [-0.25, -0.2) is 0 Å². The molecule has 0 radical (unpaired) electrons. The van der Waals surface area contributed by atoms with E-state index in [4.69, 9.17) is 4.74 Å². The summed E-state index contributed by atoms with van der Waals surface area (Å²) in [6.45, 7) is 2.95. The van der Waals surface area contributed by atoms with Gasteiger partial charge in [0.2, 0.25) is 0 Å². The number of ether oxygens (including phenoxy) is 1. The van der Waals surface area contributed by atoms with Crippen LogP contribution >= 0.6 is 15.9 Å². The first-order valence-electron chi connectivity index (χ1n) is 5.96. The molecule has 2 nitrogen and oxygen atoms in total. The van der Waals surface area contributed by atoms with Gasteiger partial charge < -0.3 is 10.1 Å². The molecule has 0 bridgehead atoms. The largest absolute Gasteiger partial charge is 0.501 e. The van der Waals surface area contributed by atoms with Crippen molar-refractivity contribution >= 4 is 15.9 Å². The molecule has 0 saturated carbocycles. The van der Waals surface area contributed by atoms with E-state index in [0.29, 0.717) is 0 Å². The number of halogens is 1. The molecule has 1 aromatic rings. The van der Waals surface area contributed by atoms with Gasteiger partial charge >= 0.3 is 0 Å². The summed E-state index contributed by atoms with van der Waals surface area (Å²) in [5.41, 5.74) is 3.86. The predicted molar refractivity (Wildman–Crippen MR) is 73.9 cm³/mol. The smallest absolute Gasteiger partial charge is 0.0876 e. The zero-order valence-electron chi connectivity index (χ0n) is 10.3. The lowest BCUT2D eigenvalue weighted by Gasteiger charge is -2.24. The Labute approximate surface area is 111 Å². The van der Waals surface area contributed by atoms with Crippen molar-refractivity contribution in [1.29, 1.82) is 0 Å². The molecule has 3 heteroatoms. The van der Waals surface area contributed by atoms with E-state index in [1.165, 1.54) is 16.7 Å². The molecule has 0 aliphatic carbocycles. The van der Waals surface area contributed by atoms with E-state index in [1.807, 2.05) is 13.3 Å². The number of nitrogens with one attached hydrogen (secondary N) is 1. The Morgan fingerprint density at radius 1 is 1.41 bits per heavy atom. The van der Waals surface area contributed by atoms with Crippen molar-refractivity contribution < 1.29 is 4.74 Å². The average Bonchev–Trinajstić information content (AvgIpc) is 2.34. The van der Waals surface area contributed by atoms with Crippen LogP contribution in [0.1, 0.15) is 30.0 Å². The lowest BCUT2D eigenvalue weighted by atomic mass is 9.95. The molecule has 1 aromatic carbocycles. The second-order valence-corrected chi connectivity index (χ2v) is 5.27. The van der Waals surface area contributed by atoms with Crippen LogP contribution in [0.25, 0.3) is 0 Å². The maximum absolute atomic E-state index is 5.43. The van der Waals surface area contributed by atoms with Crippen molar-refractivity contribution in [1.82, 2.24) is 5.32 Å². The van der Waals surface area contributed by atoms with Gasteiger partial charge in [-0.15, -0.1) is 0 Å². The molecule has 0 fully saturated rings. The van der Waals surface area contributed by atoms with Crippen molar-refractivity contribution in [2.75, 3.05) is 13.7 Å². The summed E-state index contributed by atoms with van der Waals surface area (Å²) < 4.78 is 6.59. The normalized spacial score (nSPS) is 17.2. The molecule has 2 rings (SSSR count). The van der Waals surface area contributed by atoms with E-state index < -0.39 is 0 Å². The number of aryl methyl sites for hydroxylation is 1. The molecule has 1 unspecified atom stereocenters. The van der Waals surface area contributed by atoms with Gasteiger partial charge in [-0.1, -0.05) is 28.1 Å². The van der Waals surface area contributed by atoms with E-state index in [2.05, 4.69) is 46.4 Å². The maximum Gasteiger partial charge on any atom is 0.0876 e. The Kier molecular flexibility index (Phi) is 4.24. The predicted octanol–water partition coefficient (Wildman–Crippen LogP) is 3.71. The summed E-state index contributed by atoms with van der Waals surface area (Å²) in [6.07, 6.45) is 4.12. The van der Waals surface area contributed by atoms with E-state index >= 15 is 0 Å². The van der Waals surface area contributed by atoms with Gasteiger partial charge in [-0.05, 0) is 49.6 Å². The van der Waals surface area contributed by atoms with Crippen LogP contribution in [0.15, 0.2) is 34.5 Å². The summed E-state index contributed by atoms with van der Waals surface area (Å²) in [6, 6.07) is 6.72. The summed E-state index contributed by atoms with van der Waals surface area (Å²) in [5.74, 6) is 0. The minimum Gasteiger partial charge on any atom is -0.501 e. The Morgan fingerprint density at radius 2 is 2.24 bits per heavy atom. The van der Waals surface area contributed by atoms with Crippen molar-refractivity contribution in [2.24, 2.45) is 0 Å². The first-order chi connectivity index (χ1) is 8.22. The molecule has 92 valence electrons. The second-order valence-electron chi connectivity index (χ2n) is 4.41. The molecule has 0 aromatic heterocycles. The third-order valence-corrected chi connectivity index (χ3v) is 3.78. The van der Waals surface area contributed by atoms with Crippen LogP contribution in [0.4, 0.5) is 0 Å². The van der Waals surface area contributed by atoms with Crippen molar-refractivity contribution in [3.05, 3.63) is 45.6 Å². The molecule has 0 amide bonds. The zero-order valence-corrected chi connectivity index (χ0v) is 11.9. The van der Waals surface area contributed by atoms with Crippen LogP contribution in [-0.2, 0) is 4.74 Å². The molecule has 1 aliphatic heterocycles. The average molecular weight is 296 g/mol. The molecule has 1 atom stereocenters. The van der Waals surface area contributed by atoms with Gasteiger partial charge in [0.15, 0.2) is 0 Å². The molecule has 0 spiro atoms. The topological polar surface area (TPSA) is 21.3 Å². The second kappa shape index (κ2) is 5.69. The van der Waals surface area contributed by atoms with Crippen molar-refractivity contribution in [3.8, 4) is 0 Å². The highest BCUT2D eigenvalue weighted by Gasteiger charge is 2.19. The van der Waals surface area contributed by atoms with Crippen molar-refractivity contribution in [3.63, 3.8) is 0 Å². The number of benzene rings is 1. The maximum atomic E-state index is 5.43. The van der Waals surface area contributed by atoms with Crippen LogP contribution in [0.3, 0.4) is 0 Å². The summed E-state index contributed by atoms with van der Waals surface area (Å²) in [7, 11) is 1.99. The number of likely N-dealkylation sites (N-methyl/N-ethyl adjacent to an activating group) is 1. The number of hydrogen-bond acceptors (Lipinski definition) is 2. The highest BCUT2D eigenvalue weighted by atomic mass is 79.9. The SMILES string of the molecule is CNC(C1=COCCC1)c1ccc(C)cc1Br. The fourth-order valence-electron chi connectivity index (χ4n) is 2.20. The van der Waals surface area contributed by atoms with Gasteiger partial charge in [0.05, 0.1) is 18.9 Å². The molecule has 1 N–H and O–H groups in total. The zero-order chi connectivity index (χ0) is 12.3. The minimum absolute atomic E-state index is 0.241. The van der Waals surface area contributed by atoms with Crippen LogP contribution in [0.2, 0.25) is 0 Å². The fraction of sp³-hybridized carbons (Fsp3) is 0.429. The monoisotopic (exact) mass is 295 g/mol. The van der Waals surface area contributed by atoms with E-state index in [9.17, 15) is 0 Å². The van der Waals surface area contributed by atoms with Gasteiger partial charge in [0, 0.05) is 4.47 Å². The quantitative estimate of drug-likeness (QED) is 0.918. The van der Waals surface area contributed by atoms with Crippen LogP contribution in [0.5, 0.6) is 0 Å². The van der Waals surface area contributed by atoms with Crippen LogP contribution < -0.4 is 5.32 Å². The molecular formula is C14H18BrNO. The van der Waals surface area contributed by atoms with E-state index in [0.717, 1.165) is 23.9 Å². The van der Waals surface area contributed by atoms with Gasteiger partial charge in [-0.3, -0.25) is 0 Å². The molecular weight excluding hydrogens is 278 g/mol. The first kappa shape index (κ1) is 12.7.